The Morgan fingerprint density at radius 1 is 1.05 bits per heavy atom. The molecule has 0 bridgehead atoms. The molecule has 0 N–H and O–H groups in total. The average Bonchev–Trinajstić information content (AvgIpc) is 2.53. The molecule has 2 rings (SSSR count). The van der Waals surface area contributed by atoms with Crippen LogP contribution >= 0.6 is 11.8 Å². The van der Waals surface area contributed by atoms with Crippen LogP contribution in [0.25, 0.3) is 0 Å². The summed E-state index contributed by atoms with van der Waals surface area (Å²) in [4.78, 5) is 13.1. The number of ether oxygens (including phenoxy) is 1. The van der Waals surface area contributed by atoms with Crippen molar-refractivity contribution in [3.05, 3.63) is 59.7 Å². The van der Waals surface area contributed by atoms with Gasteiger partial charge in [0.2, 0.25) is 5.78 Å². The molecule has 0 radical (unpaired) electrons. The lowest BCUT2D eigenvalue weighted by molar-refractivity contribution is 0.105. The van der Waals surface area contributed by atoms with Gasteiger partial charge < -0.3 is 4.74 Å². The third kappa shape index (κ3) is 3.66. The lowest BCUT2D eigenvalue weighted by Crippen LogP contribution is -1.95. The van der Waals surface area contributed by atoms with Gasteiger partial charge in [0.1, 0.15) is 5.75 Å². The van der Waals surface area contributed by atoms with Crippen LogP contribution in [-0.4, -0.2) is 19.1 Å². The maximum Gasteiger partial charge on any atom is 0.236 e. The molecule has 0 heterocycles. The van der Waals surface area contributed by atoms with E-state index in [1.54, 1.807) is 43.1 Å². The maximum atomic E-state index is 11.9. The van der Waals surface area contributed by atoms with E-state index in [1.165, 1.54) is 4.90 Å². The Labute approximate surface area is 123 Å². The molecule has 0 saturated heterocycles. The van der Waals surface area contributed by atoms with Gasteiger partial charge in [-0.15, -0.1) is 11.8 Å². The van der Waals surface area contributed by atoms with E-state index in [-0.39, 0.29) is 5.78 Å². The molecule has 100 valence electrons. The van der Waals surface area contributed by atoms with Crippen LogP contribution in [0.3, 0.4) is 0 Å². The van der Waals surface area contributed by atoms with Crippen LogP contribution in [0.15, 0.2) is 53.4 Å². The Bertz CT molecular complexity index is 646. The first-order valence-electron chi connectivity index (χ1n) is 6.07. The van der Waals surface area contributed by atoms with Crippen molar-refractivity contribution in [2.24, 2.45) is 0 Å². The van der Waals surface area contributed by atoms with E-state index in [2.05, 4.69) is 11.8 Å². The Kier molecular flexibility index (Phi) is 4.86. The molecule has 0 aromatic heterocycles. The van der Waals surface area contributed by atoms with Gasteiger partial charge in [-0.3, -0.25) is 4.79 Å². The summed E-state index contributed by atoms with van der Waals surface area (Å²) in [5.41, 5.74) is 1.41. The lowest BCUT2D eigenvalue weighted by atomic mass is 10.1. The summed E-state index contributed by atoms with van der Waals surface area (Å²) >= 11 is 1.68. The van der Waals surface area contributed by atoms with Crippen LogP contribution in [0, 0.1) is 11.8 Å². The second-order valence-corrected chi connectivity index (χ2v) is 4.92. The highest BCUT2D eigenvalue weighted by Crippen LogP contribution is 2.14. The second-order valence-electron chi connectivity index (χ2n) is 4.04. The fraction of sp³-hybridized carbons (Fsp3) is 0.118. The number of hydrogen-bond donors (Lipinski definition) is 0. The number of carbonyl (C=O) groups is 1. The molecule has 3 heteroatoms. The van der Waals surface area contributed by atoms with Crippen LogP contribution in [0.1, 0.15) is 15.9 Å². The first kappa shape index (κ1) is 14.2. The summed E-state index contributed by atoms with van der Waals surface area (Å²) in [6.45, 7) is 0. The van der Waals surface area contributed by atoms with Gasteiger partial charge in [0.05, 0.1) is 7.11 Å². The Hall–Kier alpha value is -2.18. The van der Waals surface area contributed by atoms with E-state index in [1.807, 2.05) is 30.5 Å². The van der Waals surface area contributed by atoms with Crippen molar-refractivity contribution in [2.45, 2.75) is 4.90 Å². The van der Waals surface area contributed by atoms with E-state index in [0.29, 0.717) is 5.56 Å². The molecule has 0 aliphatic rings. The number of rotatable bonds is 3. The van der Waals surface area contributed by atoms with Crippen molar-refractivity contribution in [3.8, 4) is 17.6 Å². The van der Waals surface area contributed by atoms with Crippen LogP contribution in [0.4, 0.5) is 0 Å². The minimum atomic E-state index is -0.193. The smallest absolute Gasteiger partial charge is 0.236 e. The van der Waals surface area contributed by atoms with Crippen molar-refractivity contribution in [1.29, 1.82) is 0 Å². The van der Waals surface area contributed by atoms with Crippen molar-refractivity contribution in [3.63, 3.8) is 0 Å². The predicted molar refractivity (Wildman–Crippen MR) is 82.4 cm³/mol. The normalized spacial score (nSPS) is 9.50. The van der Waals surface area contributed by atoms with Gasteiger partial charge in [0.25, 0.3) is 0 Å². The Morgan fingerprint density at radius 3 is 2.25 bits per heavy atom. The Balaban J connectivity index is 2.12. The van der Waals surface area contributed by atoms with E-state index in [0.717, 1.165) is 11.3 Å². The Morgan fingerprint density at radius 2 is 1.70 bits per heavy atom. The molecule has 0 aliphatic carbocycles. The number of carbonyl (C=O) groups excluding carboxylic acids is 1. The highest BCUT2D eigenvalue weighted by Gasteiger charge is 2.01. The molecular weight excluding hydrogens is 268 g/mol. The van der Waals surface area contributed by atoms with Gasteiger partial charge in [-0.1, -0.05) is 5.92 Å². The summed E-state index contributed by atoms with van der Waals surface area (Å²) in [5, 5.41) is 0. The molecule has 2 nitrogen and oxygen atoms in total. The number of Topliss-reactive ketones (excluding diaryl/α,β-unsaturated/α-hetero) is 1. The molecule has 0 atom stereocenters. The van der Waals surface area contributed by atoms with E-state index in [4.69, 9.17) is 4.74 Å². The first-order chi connectivity index (χ1) is 9.72. The zero-order valence-corrected chi connectivity index (χ0v) is 12.2. The quantitative estimate of drug-likeness (QED) is 0.488. The van der Waals surface area contributed by atoms with E-state index >= 15 is 0 Å². The highest BCUT2D eigenvalue weighted by molar-refractivity contribution is 7.98. The standard InChI is InChI=1S/C17H14O2S/c1-19-15-8-6-14(7-9-15)17(18)12-5-13-3-10-16(20-2)11-4-13/h3-4,6-11H,1-2H3. The van der Waals surface area contributed by atoms with Gasteiger partial charge in [-0.05, 0) is 60.7 Å². The van der Waals surface area contributed by atoms with E-state index < -0.39 is 0 Å². The molecule has 0 fully saturated rings. The molecule has 0 amide bonds. The van der Waals surface area contributed by atoms with Gasteiger partial charge in [-0.2, -0.15) is 0 Å². The molecule has 0 aliphatic heterocycles. The van der Waals surface area contributed by atoms with Crippen molar-refractivity contribution >= 4 is 17.5 Å². The highest BCUT2D eigenvalue weighted by atomic mass is 32.2. The summed E-state index contributed by atoms with van der Waals surface area (Å²) in [7, 11) is 1.59. The van der Waals surface area contributed by atoms with Crippen LogP contribution in [-0.2, 0) is 0 Å². The summed E-state index contributed by atoms with van der Waals surface area (Å²) < 4.78 is 5.05. The number of benzene rings is 2. The van der Waals surface area contributed by atoms with E-state index in [9.17, 15) is 4.79 Å². The summed E-state index contributed by atoms with van der Waals surface area (Å²) in [5.74, 6) is 6.07. The molecule has 2 aromatic carbocycles. The third-order valence-electron chi connectivity index (χ3n) is 2.76. The average molecular weight is 282 g/mol. The minimum Gasteiger partial charge on any atom is -0.497 e. The molecule has 2 aromatic rings. The summed E-state index contributed by atoms with van der Waals surface area (Å²) in [6.07, 6.45) is 2.02. The van der Waals surface area contributed by atoms with Crippen molar-refractivity contribution < 1.29 is 9.53 Å². The number of ketones is 1. The van der Waals surface area contributed by atoms with Crippen molar-refractivity contribution in [1.82, 2.24) is 0 Å². The molecule has 0 spiro atoms. The van der Waals surface area contributed by atoms with Crippen LogP contribution in [0.5, 0.6) is 5.75 Å². The fourth-order valence-corrected chi connectivity index (χ4v) is 2.03. The molecule has 20 heavy (non-hydrogen) atoms. The maximum absolute atomic E-state index is 11.9. The minimum absolute atomic E-state index is 0.193. The van der Waals surface area contributed by atoms with Crippen LogP contribution < -0.4 is 4.74 Å². The zero-order chi connectivity index (χ0) is 14.4. The number of hydrogen-bond acceptors (Lipinski definition) is 3. The SMILES string of the molecule is COc1ccc(C(=O)C#Cc2ccc(SC)cc2)cc1. The van der Waals surface area contributed by atoms with Crippen LogP contribution in [0.2, 0.25) is 0 Å². The zero-order valence-electron chi connectivity index (χ0n) is 11.3. The van der Waals surface area contributed by atoms with Gasteiger partial charge >= 0.3 is 0 Å². The molecule has 0 unspecified atom stereocenters. The third-order valence-corrected chi connectivity index (χ3v) is 3.51. The van der Waals surface area contributed by atoms with Gasteiger partial charge in [0.15, 0.2) is 0 Å². The number of thioether (sulfide) groups is 1. The molecular formula is C17H14O2S. The number of methoxy groups -OCH3 is 1. The second kappa shape index (κ2) is 6.83. The fourth-order valence-electron chi connectivity index (χ4n) is 1.62. The lowest BCUT2D eigenvalue weighted by Gasteiger charge is -1.99. The first-order valence-corrected chi connectivity index (χ1v) is 7.30. The topological polar surface area (TPSA) is 26.3 Å². The largest absolute Gasteiger partial charge is 0.497 e. The predicted octanol–water partition coefficient (Wildman–Crippen LogP) is 3.65. The summed E-state index contributed by atoms with van der Waals surface area (Å²) in [6, 6.07) is 14.8. The van der Waals surface area contributed by atoms with Crippen molar-refractivity contribution in [2.75, 3.05) is 13.4 Å². The monoisotopic (exact) mass is 282 g/mol. The molecule has 0 saturated carbocycles. The van der Waals surface area contributed by atoms with Gasteiger partial charge in [-0.25, -0.2) is 0 Å². The van der Waals surface area contributed by atoms with Gasteiger partial charge in [0, 0.05) is 16.0 Å².